The van der Waals surface area contributed by atoms with Gasteiger partial charge in [-0.25, -0.2) is 4.68 Å². The van der Waals surface area contributed by atoms with Crippen LogP contribution in [-0.4, -0.2) is 38.4 Å². The minimum Gasteiger partial charge on any atom is -0.481 e. The topological polar surface area (TPSA) is 83.8 Å². The maximum absolute atomic E-state index is 5.47. The van der Waals surface area contributed by atoms with Crippen LogP contribution in [0.4, 0.5) is 0 Å². The summed E-state index contributed by atoms with van der Waals surface area (Å²) >= 11 is 0. The molecular formula is C10H16N6O. The number of hydrogen-bond donors (Lipinski definition) is 1. The molecule has 0 aromatic carbocycles. The van der Waals surface area contributed by atoms with Gasteiger partial charge in [-0.1, -0.05) is 5.21 Å². The predicted octanol–water partition coefficient (Wildman–Crippen LogP) is -0.0457. The van der Waals surface area contributed by atoms with E-state index in [1.165, 1.54) is 0 Å². The summed E-state index contributed by atoms with van der Waals surface area (Å²) in [6.07, 6.45) is 1.85. The highest BCUT2D eigenvalue weighted by atomic mass is 16.5. The Morgan fingerprint density at radius 1 is 1.47 bits per heavy atom. The third-order valence-electron chi connectivity index (χ3n) is 2.52. The Morgan fingerprint density at radius 3 is 2.88 bits per heavy atom. The first-order chi connectivity index (χ1) is 8.17. The normalized spacial score (nSPS) is 10.8. The van der Waals surface area contributed by atoms with Crippen LogP contribution in [0.3, 0.4) is 0 Å². The Balaban J connectivity index is 2.44. The van der Waals surface area contributed by atoms with Gasteiger partial charge in [0.2, 0.25) is 5.88 Å². The summed E-state index contributed by atoms with van der Waals surface area (Å²) in [4.78, 5) is 0. The maximum atomic E-state index is 5.47. The second kappa shape index (κ2) is 4.54. The van der Waals surface area contributed by atoms with Gasteiger partial charge in [0, 0.05) is 13.6 Å². The minimum atomic E-state index is 0.534. The van der Waals surface area contributed by atoms with Crippen LogP contribution in [0.25, 0.3) is 11.3 Å². The fraction of sp³-hybridized carbons (Fsp3) is 0.500. The molecule has 2 aromatic heterocycles. The van der Waals surface area contributed by atoms with Crippen molar-refractivity contribution in [1.29, 1.82) is 0 Å². The van der Waals surface area contributed by atoms with Crippen LogP contribution < -0.4 is 10.5 Å². The first kappa shape index (κ1) is 11.6. The van der Waals surface area contributed by atoms with E-state index < -0.39 is 0 Å². The van der Waals surface area contributed by atoms with Crippen LogP contribution >= 0.6 is 0 Å². The number of nitrogens with zero attached hydrogens (tertiary/aromatic N) is 5. The van der Waals surface area contributed by atoms with Crippen LogP contribution in [0.15, 0.2) is 6.20 Å². The number of aryl methyl sites for hydroxylation is 2. The monoisotopic (exact) mass is 236 g/mol. The molecule has 2 heterocycles. The van der Waals surface area contributed by atoms with E-state index in [-0.39, 0.29) is 0 Å². The third kappa shape index (κ3) is 2.01. The molecule has 2 rings (SSSR count). The fourth-order valence-electron chi connectivity index (χ4n) is 1.82. The van der Waals surface area contributed by atoms with Crippen molar-refractivity contribution in [2.45, 2.75) is 13.5 Å². The quantitative estimate of drug-likeness (QED) is 0.805. The average Bonchev–Trinajstić information content (AvgIpc) is 2.83. The maximum Gasteiger partial charge on any atom is 0.221 e. The predicted molar refractivity (Wildman–Crippen MR) is 62.6 cm³/mol. The number of rotatable bonds is 4. The molecule has 0 aliphatic carbocycles. The molecule has 2 aromatic rings. The molecule has 7 heteroatoms. The molecule has 7 nitrogen and oxygen atoms in total. The molecule has 0 bridgehead atoms. The summed E-state index contributed by atoms with van der Waals surface area (Å²) in [6, 6.07) is 0. The summed E-state index contributed by atoms with van der Waals surface area (Å²) in [6.45, 7) is 3.10. The summed E-state index contributed by atoms with van der Waals surface area (Å²) in [7, 11) is 3.45. The van der Waals surface area contributed by atoms with Crippen LogP contribution in [-0.2, 0) is 13.6 Å². The number of aromatic nitrogens is 5. The Kier molecular flexibility index (Phi) is 3.10. The molecule has 0 fully saturated rings. The van der Waals surface area contributed by atoms with Crippen LogP contribution in [0.1, 0.15) is 5.69 Å². The summed E-state index contributed by atoms with van der Waals surface area (Å²) in [5.74, 6) is 0.683. The Bertz CT molecular complexity index is 515. The molecule has 0 unspecified atom stereocenters. The van der Waals surface area contributed by atoms with E-state index in [4.69, 9.17) is 10.5 Å². The van der Waals surface area contributed by atoms with Gasteiger partial charge in [-0.05, 0) is 6.92 Å². The average molecular weight is 236 g/mol. The highest BCUT2D eigenvalue weighted by molar-refractivity contribution is 5.67. The van der Waals surface area contributed by atoms with Crippen molar-refractivity contribution in [3.63, 3.8) is 0 Å². The van der Waals surface area contributed by atoms with Crippen molar-refractivity contribution in [3.05, 3.63) is 11.9 Å². The van der Waals surface area contributed by atoms with Crippen LogP contribution in [0.5, 0.6) is 5.88 Å². The largest absolute Gasteiger partial charge is 0.481 e. The van der Waals surface area contributed by atoms with Crippen molar-refractivity contribution in [2.24, 2.45) is 12.8 Å². The van der Waals surface area contributed by atoms with Crippen molar-refractivity contribution >= 4 is 0 Å². The van der Waals surface area contributed by atoms with E-state index in [0.717, 1.165) is 17.0 Å². The SMILES string of the molecule is COc1c(-c2cn(CCN)nn2)c(C)nn1C. The highest BCUT2D eigenvalue weighted by Crippen LogP contribution is 2.30. The Labute approximate surface area is 99.2 Å². The fourth-order valence-corrected chi connectivity index (χ4v) is 1.82. The Hall–Kier alpha value is -1.89. The van der Waals surface area contributed by atoms with E-state index in [1.807, 2.05) is 20.2 Å². The van der Waals surface area contributed by atoms with Gasteiger partial charge in [-0.2, -0.15) is 5.10 Å². The third-order valence-corrected chi connectivity index (χ3v) is 2.52. The zero-order chi connectivity index (χ0) is 12.4. The summed E-state index contributed by atoms with van der Waals surface area (Å²) < 4.78 is 8.72. The number of ether oxygens (including phenoxy) is 1. The molecular weight excluding hydrogens is 220 g/mol. The second-order valence-corrected chi connectivity index (χ2v) is 3.75. The van der Waals surface area contributed by atoms with E-state index in [9.17, 15) is 0 Å². The van der Waals surface area contributed by atoms with Gasteiger partial charge in [0.1, 0.15) is 5.69 Å². The van der Waals surface area contributed by atoms with E-state index in [2.05, 4.69) is 15.4 Å². The van der Waals surface area contributed by atoms with Gasteiger partial charge in [-0.15, -0.1) is 5.10 Å². The molecule has 0 saturated heterocycles. The summed E-state index contributed by atoms with van der Waals surface area (Å²) in [5.41, 5.74) is 7.96. The van der Waals surface area contributed by atoms with E-state index >= 15 is 0 Å². The number of methoxy groups -OCH3 is 1. The highest BCUT2D eigenvalue weighted by Gasteiger charge is 2.18. The van der Waals surface area contributed by atoms with Gasteiger partial charge >= 0.3 is 0 Å². The molecule has 0 amide bonds. The molecule has 17 heavy (non-hydrogen) atoms. The molecule has 0 atom stereocenters. The molecule has 0 saturated carbocycles. The number of hydrogen-bond acceptors (Lipinski definition) is 5. The standard InChI is InChI=1S/C10H16N6O/c1-7-9(10(17-3)15(2)13-7)8-6-16(5-4-11)14-12-8/h6H,4-5,11H2,1-3H3. The van der Waals surface area contributed by atoms with E-state index in [1.54, 1.807) is 16.5 Å². The van der Waals surface area contributed by atoms with Crippen LogP contribution in [0.2, 0.25) is 0 Å². The minimum absolute atomic E-state index is 0.534. The molecule has 92 valence electrons. The van der Waals surface area contributed by atoms with Gasteiger partial charge in [0.25, 0.3) is 0 Å². The molecule has 0 aliphatic rings. The van der Waals surface area contributed by atoms with E-state index in [0.29, 0.717) is 19.0 Å². The zero-order valence-electron chi connectivity index (χ0n) is 10.2. The smallest absolute Gasteiger partial charge is 0.221 e. The first-order valence-electron chi connectivity index (χ1n) is 5.35. The van der Waals surface area contributed by atoms with Gasteiger partial charge in [0.05, 0.1) is 31.1 Å². The molecule has 2 N–H and O–H groups in total. The second-order valence-electron chi connectivity index (χ2n) is 3.75. The molecule has 0 spiro atoms. The molecule has 0 aliphatic heterocycles. The lowest BCUT2D eigenvalue weighted by molar-refractivity contribution is 0.374. The number of nitrogens with two attached hydrogens (primary N) is 1. The lowest BCUT2D eigenvalue weighted by Crippen LogP contribution is -2.10. The lowest BCUT2D eigenvalue weighted by atomic mass is 10.2. The Morgan fingerprint density at radius 2 is 2.24 bits per heavy atom. The van der Waals surface area contributed by atoms with Gasteiger partial charge in [0.15, 0.2) is 0 Å². The van der Waals surface area contributed by atoms with Gasteiger partial charge in [-0.3, -0.25) is 4.68 Å². The van der Waals surface area contributed by atoms with Crippen molar-refractivity contribution in [1.82, 2.24) is 24.8 Å². The van der Waals surface area contributed by atoms with Crippen molar-refractivity contribution < 1.29 is 4.74 Å². The van der Waals surface area contributed by atoms with Gasteiger partial charge < -0.3 is 10.5 Å². The lowest BCUT2D eigenvalue weighted by Gasteiger charge is -2.01. The van der Waals surface area contributed by atoms with Crippen LogP contribution in [0, 0.1) is 6.92 Å². The van der Waals surface area contributed by atoms with Crippen molar-refractivity contribution in [2.75, 3.05) is 13.7 Å². The molecule has 0 radical (unpaired) electrons. The zero-order valence-corrected chi connectivity index (χ0v) is 10.2. The summed E-state index contributed by atoms with van der Waals surface area (Å²) in [5, 5.41) is 12.4. The first-order valence-corrected chi connectivity index (χ1v) is 5.35. The van der Waals surface area contributed by atoms with Crippen molar-refractivity contribution in [3.8, 4) is 17.1 Å².